The molecule has 0 aromatic carbocycles. The molecular formula is C8H9Cl2FN2O. The summed E-state index contributed by atoms with van der Waals surface area (Å²) in [6.45, 7) is 1.48. The van der Waals surface area contributed by atoms with Crippen molar-refractivity contribution in [3.05, 3.63) is 27.8 Å². The minimum absolute atomic E-state index is 0.00444. The average molecular weight is 239 g/mol. The summed E-state index contributed by atoms with van der Waals surface area (Å²) in [4.78, 5) is 3.54. The van der Waals surface area contributed by atoms with Crippen LogP contribution in [0.3, 0.4) is 0 Å². The summed E-state index contributed by atoms with van der Waals surface area (Å²) in [6.07, 6.45) is -0.838. The molecular weight excluding hydrogens is 230 g/mol. The van der Waals surface area contributed by atoms with Crippen molar-refractivity contribution >= 4 is 23.2 Å². The summed E-state index contributed by atoms with van der Waals surface area (Å²) < 4.78 is 13.0. The molecule has 78 valence electrons. The third-order valence-electron chi connectivity index (χ3n) is 1.79. The van der Waals surface area contributed by atoms with Gasteiger partial charge in [0.2, 0.25) is 0 Å². The summed E-state index contributed by atoms with van der Waals surface area (Å²) in [5.74, 6) is -0.706. The Hall–Kier alpha value is -0.420. The highest BCUT2D eigenvalue weighted by atomic mass is 35.5. The van der Waals surface area contributed by atoms with Crippen molar-refractivity contribution in [3.8, 4) is 0 Å². The Morgan fingerprint density at radius 1 is 1.50 bits per heavy atom. The van der Waals surface area contributed by atoms with Crippen molar-refractivity contribution in [2.45, 2.75) is 19.1 Å². The van der Waals surface area contributed by atoms with Crippen molar-refractivity contribution in [1.29, 1.82) is 0 Å². The second-order valence-electron chi connectivity index (χ2n) is 2.91. The van der Waals surface area contributed by atoms with Crippen LogP contribution in [0.2, 0.25) is 10.3 Å². The number of halogens is 3. The van der Waals surface area contributed by atoms with Gasteiger partial charge in [0.25, 0.3) is 0 Å². The molecule has 0 aliphatic carbocycles. The van der Waals surface area contributed by atoms with Gasteiger partial charge in [0.15, 0.2) is 11.0 Å². The van der Waals surface area contributed by atoms with Gasteiger partial charge in [0.05, 0.1) is 12.1 Å². The maximum Gasteiger partial charge on any atom is 0.166 e. The summed E-state index contributed by atoms with van der Waals surface area (Å²) in [6, 6.07) is 0.302. The lowest BCUT2D eigenvalue weighted by Gasteiger charge is -2.16. The highest BCUT2D eigenvalue weighted by Crippen LogP contribution is 2.25. The van der Waals surface area contributed by atoms with Gasteiger partial charge in [-0.15, -0.1) is 0 Å². The van der Waals surface area contributed by atoms with Gasteiger partial charge < -0.3 is 10.8 Å². The normalized spacial score (nSPS) is 15.3. The van der Waals surface area contributed by atoms with Crippen LogP contribution < -0.4 is 5.73 Å². The third kappa shape index (κ3) is 2.33. The molecule has 3 N–H and O–H groups in total. The standard InChI is InChI=1S/C8H9Cl2FN2O/c1-3(14)6(12)4-2-5(11)8(10)13-7(4)9/h2-3,6,14H,12H2,1H3/t3-,6-/m0/s1. The second-order valence-corrected chi connectivity index (χ2v) is 3.62. The average Bonchev–Trinajstić information content (AvgIpc) is 2.10. The molecule has 0 amide bonds. The van der Waals surface area contributed by atoms with E-state index in [1.54, 1.807) is 0 Å². The molecule has 0 unspecified atom stereocenters. The SMILES string of the molecule is C[C@H](O)[C@H](N)c1cc(F)c(Cl)nc1Cl. The number of nitrogens with zero attached hydrogens (tertiary/aromatic N) is 1. The maximum absolute atomic E-state index is 13.0. The molecule has 0 saturated heterocycles. The van der Waals surface area contributed by atoms with Crippen molar-refractivity contribution < 1.29 is 9.50 Å². The van der Waals surface area contributed by atoms with E-state index in [9.17, 15) is 9.50 Å². The zero-order valence-corrected chi connectivity index (χ0v) is 8.85. The van der Waals surface area contributed by atoms with Gasteiger partial charge >= 0.3 is 0 Å². The number of hydrogen-bond acceptors (Lipinski definition) is 3. The number of aliphatic hydroxyl groups is 1. The minimum Gasteiger partial charge on any atom is -0.391 e. The lowest BCUT2D eigenvalue weighted by atomic mass is 10.1. The van der Waals surface area contributed by atoms with Crippen LogP contribution in [0, 0.1) is 5.82 Å². The van der Waals surface area contributed by atoms with E-state index < -0.39 is 18.0 Å². The summed E-state index contributed by atoms with van der Waals surface area (Å²) in [5.41, 5.74) is 5.81. The monoisotopic (exact) mass is 238 g/mol. The molecule has 2 atom stereocenters. The minimum atomic E-state index is -0.838. The fourth-order valence-electron chi connectivity index (χ4n) is 0.953. The molecule has 14 heavy (non-hydrogen) atoms. The van der Waals surface area contributed by atoms with E-state index in [0.717, 1.165) is 6.07 Å². The number of aliphatic hydroxyl groups excluding tert-OH is 1. The van der Waals surface area contributed by atoms with Gasteiger partial charge in [-0.2, -0.15) is 0 Å². The molecule has 0 saturated carbocycles. The Bertz CT molecular complexity index is 346. The zero-order valence-electron chi connectivity index (χ0n) is 7.34. The fraction of sp³-hybridized carbons (Fsp3) is 0.375. The topological polar surface area (TPSA) is 59.1 Å². The summed E-state index contributed by atoms with van der Waals surface area (Å²) >= 11 is 11.1. The molecule has 0 aliphatic heterocycles. The second kappa shape index (κ2) is 4.40. The van der Waals surface area contributed by atoms with E-state index in [2.05, 4.69) is 4.98 Å². The number of hydrogen-bond donors (Lipinski definition) is 2. The van der Waals surface area contributed by atoms with Crippen LogP contribution in [0.15, 0.2) is 6.07 Å². The van der Waals surface area contributed by atoms with Crippen molar-refractivity contribution in [1.82, 2.24) is 4.98 Å². The lowest BCUT2D eigenvalue weighted by Crippen LogP contribution is -2.24. The number of aromatic nitrogens is 1. The Kier molecular flexibility index (Phi) is 3.66. The summed E-state index contributed by atoms with van der Waals surface area (Å²) in [5, 5.41) is 8.89. The van der Waals surface area contributed by atoms with Crippen molar-refractivity contribution in [3.63, 3.8) is 0 Å². The van der Waals surface area contributed by atoms with E-state index >= 15 is 0 Å². The molecule has 0 fully saturated rings. The molecule has 1 rings (SSSR count). The van der Waals surface area contributed by atoms with Crippen molar-refractivity contribution in [2.24, 2.45) is 5.73 Å². The predicted octanol–water partition coefficient (Wildman–Crippen LogP) is 1.91. The molecule has 0 aliphatic rings. The van der Waals surface area contributed by atoms with Crippen LogP contribution >= 0.6 is 23.2 Å². The first-order valence-corrected chi connectivity index (χ1v) is 4.64. The van der Waals surface area contributed by atoms with Gasteiger partial charge in [-0.1, -0.05) is 23.2 Å². The van der Waals surface area contributed by atoms with E-state index in [1.165, 1.54) is 6.92 Å². The highest BCUT2D eigenvalue weighted by Gasteiger charge is 2.18. The Labute approximate surface area is 90.7 Å². The van der Waals surface area contributed by atoms with Gasteiger partial charge in [-0.3, -0.25) is 0 Å². The largest absolute Gasteiger partial charge is 0.391 e. The van der Waals surface area contributed by atoms with Crippen LogP contribution in [0.5, 0.6) is 0 Å². The van der Waals surface area contributed by atoms with Crippen molar-refractivity contribution in [2.75, 3.05) is 0 Å². The first-order valence-electron chi connectivity index (χ1n) is 3.88. The van der Waals surface area contributed by atoms with E-state index in [0.29, 0.717) is 0 Å². The lowest BCUT2D eigenvalue weighted by molar-refractivity contribution is 0.164. The van der Waals surface area contributed by atoms with Crippen LogP contribution in [-0.4, -0.2) is 16.2 Å². The van der Waals surface area contributed by atoms with E-state index in [4.69, 9.17) is 28.9 Å². The first kappa shape index (κ1) is 11.7. The summed E-state index contributed by atoms with van der Waals surface area (Å²) in [7, 11) is 0. The predicted molar refractivity (Wildman–Crippen MR) is 52.8 cm³/mol. The highest BCUT2D eigenvalue weighted by molar-refractivity contribution is 6.33. The molecule has 1 heterocycles. The van der Waals surface area contributed by atoms with Gasteiger partial charge in [-0.05, 0) is 13.0 Å². The first-order chi connectivity index (χ1) is 6.43. The quantitative estimate of drug-likeness (QED) is 0.775. The molecule has 0 radical (unpaired) electrons. The molecule has 6 heteroatoms. The maximum atomic E-state index is 13.0. The van der Waals surface area contributed by atoms with Crippen LogP contribution in [0.4, 0.5) is 4.39 Å². The molecule has 1 aromatic heterocycles. The van der Waals surface area contributed by atoms with Crippen LogP contribution in [-0.2, 0) is 0 Å². The Morgan fingerprint density at radius 3 is 2.57 bits per heavy atom. The molecule has 1 aromatic rings. The van der Waals surface area contributed by atoms with Crippen LogP contribution in [0.25, 0.3) is 0 Å². The number of rotatable bonds is 2. The fourth-order valence-corrected chi connectivity index (χ4v) is 1.40. The Balaban J connectivity index is 3.15. The van der Waals surface area contributed by atoms with Gasteiger partial charge in [-0.25, -0.2) is 9.37 Å². The number of nitrogens with two attached hydrogens (primary N) is 1. The van der Waals surface area contributed by atoms with Crippen LogP contribution in [0.1, 0.15) is 18.5 Å². The Morgan fingerprint density at radius 2 is 2.07 bits per heavy atom. The van der Waals surface area contributed by atoms with Gasteiger partial charge in [0.1, 0.15) is 5.15 Å². The third-order valence-corrected chi connectivity index (χ3v) is 2.36. The van der Waals surface area contributed by atoms with E-state index in [1.807, 2.05) is 0 Å². The molecule has 3 nitrogen and oxygen atoms in total. The van der Waals surface area contributed by atoms with Gasteiger partial charge in [0, 0.05) is 5.56 Å². The smallest absolute Gasteiger partial charge is 0.166 e. The van der Waals surface area contributed by atoms with E-state index in [-0.39, 0.29) is 15.9 Å². The number of pyridine rings is 1. The molecule has 0 bridgehead atoms. The molecule has 0 spiro atoms. The zero-order chi connectivity index (χ0) is 10.9.